The van der Waals surface area contributed by atoms with Crippen molar-refractivity contribution in [3.8, 4) is 0 Å². The monoisotopic (exact) mass is 147 g/mol. The molecule has 0 amide bonds. The van der Waals surface area contributed by atoms with Gasteiger partial charge in [0.05, 0.1) is 0 Å². The van der Waals surface area contributed by atoms with Crippen LogP contribution in [0.3, 0.4) is 0 Å². The predicted molar refractivity (Wildman–Crippen MR) is 40.6 cm³/mol. The Morgan fingerprint density at radius 2 is 1.90 bits per heavy atom. The summed E-state index contributed by atoms with van der Waals surface area (Å²) in [6, 6.07) is 0. The van der Waals surface area contributed by atoms with Crippen molar-refractivity contribution in [3.05, 3.63) is 0 Å². The maximum absolute atomic E-state index is 9.11. The van der Waals surface area contributed by atoms with Gasteiger partial charge in [0.25, 0.3) is 0 Å². The van der Waals surface area contributed by atoms with E-state index in [1.165, 1.54) is 0 Å². The minimum Gasteiger partial charge on any atom is -0.396 e. The molecule has 0 aromatic carbocycles. The molecule has 62 valence electrons. The molecule has 0 fully saturated rings. The Bertz CT molecular complexity index is 88.1. The second-order valence-corrected chi connectivity index (χ2v) is 3.42. The third-order valence-corrected chi connectivity index (χ3v) is 1.00. The SMILES string of the molecule is CC(C)(C)N[C@@H](O)CCO. The molecular formula is C7H17NO2. The second kappa shape index (κ2) is 3.91. The minimum atomic E-state index is -0.593. The van der Waals surface area contributed by atoms with Gasteiger partial charge in [0.15, 0.2) is 0 Å². The first-order valence-corrected chi connectivity index (χ1v) is 3.52. The summed E-state index contributed by atoms with van der Waals surface area (Å²) in [7, 11) is 0. The average molecular weight is 147 g/mol. The summed E-state index contributed by atoms with van der Waals surface area (Å²) in [6.07, 6.45) is -0.206. The molecule has 0 aromatic heterocycles. The van der Waals surface area contributed by atoms with Gasteiger partial charge in [-0.05, 0) is 20.8 Å². The van der Waals surface area contributed by atoms with Crippen molar-refractivity contribution in [3.63, 3.8) is 0 Å². The molecule has 3 heteroatoms. The molecule has 10 heavy (non-hydrogen) atoms. The Morgan fingerprint density at radius 3 is 2.20 bits per heavy atom. The first-order chi connectivity index (χ1) is 4.45. The number of nitrogens with one attached hydrogen (secondary N) is 1. The zero-order valence-corrected chi connectivity index (χ0v) is 6.89. The van der Waals surface area contributed by atoms with E-state index in [9.17, 15) is 0 Å². The van der Waals surface area contributed by atoms with Gasteiger partial charge in [-0.15, -0.1) is 0 Å². The molecule has 0 rings (SSSR count). The van der Waals surface area contributed by atoms with Crippen LogP contribution >= 0.6 is 0 Å². The van der Waals surface area contributed by atoms with Gasteiger partial charge in [-0.2, -0.15) is 0 Å². The van der Waals surface area contributed by atoms with E-state index in [-0.39, 0.29) is 12.1 Å². The van der Waals surface area contributed by atoms with Crippen LogP contribution in [0.4, 0.5) is 0 Å². The van der Waals surface area contributed by atoms with Crippen molar-refractivity contribution >= 4 is 0 Å². The van der Waals surface area contributed by atoms with Crippen LogP contribution in [0.1, 0.15) is 27.2 Å². The van der Waals surface area contributed by atoms with Crippen LogP contribution in [0.15, 0.2) is 0 Å². The number of rotatable bonds is 3. The highest BCUT2D eigenvalue weighted by atomic mass is 16.3. The molecule has 0 spiro atoms. The lowest BCUT2D eigenvalue weighted by molar-refractivity contribution is 0.0784. The summed E-state index contributed by atoms with van der Waals surface area (Å²) < 4.78 is 0. The smallest absolute Gasteiger partial charge is 0.107 e. The molecule has 0 saturated carbocycles. The number of hydrogen-bond acceptors (Lipinski definition) is 3. The number of aliphatic hydroxyl groups excluding tert-OH is 2. The summed E-state index contributed by atoms with van der Waals surface area (Å²) in [6.45, 7) is 5.92. The number of hydrogen-bond donors (Lipinski definition) is 3. The fraction of sp³-hybridized carbons (Fsp3) is 1.00. The van der Waals surface area contributed by atoms with Crippen molar-refractivity contribution in [1.82, 2.24) is 5.32 Å². The maximum atomic E-state index is 9.11. The lowest BCUT2D eigenvalue weighted by Gasteiger charge is -2.24. The lowest BCUT2D eigenvalue weighted by atomic mass is 10.1. The summed E-state index contributed by atoms with van der Waals surface area (Å²) in [4.78, 5) is 0. The molecule has 0 unspecified atom stereocenters. The Morgan fingerprint density at radius 1 is 1.40 bits per heavy atom. The molecule has 0 aliphatic heterocycles. The molecule has 0 bridgehead atoms. The third kappa shape index (κ3) is 6.01. The minimum absolute atomic E-state index is 0.0181. The molecule has 0 aliphatic carbocycles. The van der Waals surface area contributed by atoms with Gasteiger partial charge >= 0.3 is 0 Å². The van der Waals surface area contributed by atoms with E-state index in [4.69, 9.17) is 10.2 Å². The Kier molecular flexibility index (Phi) is 3.86. The Labute approximate surface area is 62.1 Å². The zero-order chi connectivity index (χ0) is 8.20. The standard InChI is InChI=1S/C7H17NO2/c1-7(2,3)8-6(10)4-5-9/h6,8-10H,4-5H2,1-3H3/t6-/m0/s1. The van der Waals surface area contributed by atoms with Gasteiger partial charge in [0.1, 0.15) is 6.23 Å². The average Bonchev–Trinajstić information content (AvgIpc) is 1.59. The van der Waals surface area contributed by atoms with Gasteiger partial charge in [-0.25, -0.2) is 0 Å². The third-order valence-electron chi connectivity index (χ3n) is 1.00. The molecule has 1 atom stereocenters. The topological polar surface area (TPSA) is 52.5 Å². The number of aliphatic hydroxyl groups is 2. The van der Waals surface area contributed by atoms with Crippen molar-refractivity contribution < 1.29 is 10.2 Å². The fourth-order valence-corrected chi connectivity index (χ4v) is 0.694. The van der Waals surface area contributed by atoms with Crippen molar-refractivity contribution in [1.29, 1.82) is 0 Å². The van der Waals surface area contributed by atoms with E-state index >= 15 is 0 Å². The van der Waals surface area contributed by atoms with Crippen molar-refractivity contribution in [2.45, 2.75) is 39.0 Å². The van der Waals surface area contributed by atoms with Crippen LogP contribution in [0.25, 0.3) is 0 Å². The molecule has 0 aliphatic rings. The molecule has 0 aromatic rings. The normalized spacial score (nSPS) is 15.3. The zero-order valence-electron chi connectivity index (χ0n) is 6.89. The second-order valence-electron chi connectivity index (χ2n) is 3.42. The quantitative estimate of drug-likeness (QED) is 0.495. The first kappa shape index (κ1) is 9.88. The van der Waals surface area contributed by atoms with E-state index in [2.05, 4.69) is 5.32 Å². The highest BCUT2D eigenvalue weighted by Crippen LogP contribution is 2.00. The molecule has 3 N–H and O–H groups in total. The van der Waals surface area contributed by atoms with Gasteiger partial charge in [0, 0.05) is 18.6 Å². The Balaban J connectivity index is 3.47. The first-order valence-electron chi connectivity index (χ1n) is 3.52. The summed E-state index contributed by atoms with van der Waals surface area (Å²) in [5, 5.41) is 20.5. The van der Waals surface area contributed by atoms with Gasteiger partial charge in [-0.3, -0.25) is 5.32 Å². The van der Waals surface area contributed by atoms with Crippen LogP contribution in [0.2, 0.25) is 0 Å². The van der Waals surface area contributed by atoms with E-state index in [0.717, 1.165) is 0 Å². The molecule has 0 radical (unpaired) electrons. The van der Waals surface area contributed by atoms with E-state index in [1.807, 2.05) is 20.8 Å². The highest BCUT2D eigenvalue weighted by molar-refractivity contribution is 4.71. The predicted octanol–water partition coefficient (Wildman–Crippen LogP) is 0.0753. The lowest BCUT2D eigenvalue weighted by Crippen LogP contribution is -2.43. The van der Waals surface area contributed by atoms with Crippen molar-refractivity contribution in [2.75, 3.05) is 6.61 Å². The van der Waals surface area contributed by atoms with Crippen LogP contribution in [0.5, 0.6) is 0 Å². The van der Waals surface area contributed by atoms with Crippen LogP contribution < -0.4 is 5.32 Å². The maximum Gasteiger partial charge on any atom is 0.107 e. The van der Waals surface area contributed by atoms with E-state index in [0.29, 0.717) is 6.42 Å². The van der Waals surface area contributed by atoms with Crippen LogP contribution in [-0.4, -0.2) is 28.6 Å². The molecular weight excluding hydrogens is 130 g/mol. The van der Waals surface area contributed by atoms with Gasteiger partial charge < -0.3 is 10.2 Å². The van der Waals surface area contributed by atoms with Crippen LogP contribution in [-0.2, 0) is 0 Å². The Hall–Kier alpha value is -0.120. The summed E-state index contributed by atoms with van der Waals surface area (Å²) >= 11 is 0. The van der Waals surface area contributed by atoms with E-state index in [1.54, 1.807) is 0 Å². The van der Waals surface area contributed by atoms with E-state index < -0.39 is 6.23 Å². The molecule has 0 heterocycles. The van der Waals surface area contributed by atoms with Gasteiger partial charge in [-0.1, -0.05) is 0 Å². The summed E-state index contributed by atoms with van der Waals surface area (Å²) in [5.41, 5.74) is -0.0887. The highest BCUT2D eigenvalue weighted by Gasteiger charge is 2.13. The van der Waals surface area contributed by atoms with Gasteiger partial charge in [0.2, 0.25) is 0 Å². The summed E-state index contributed by atoms with van der Waals surface area (Å²) in [5.74, 6) is 0. The van der Waals surface area contributed by atoms with Crippen molar-refractivity contribution in [2.24, 2.45) is 0 Å². The molecule has 0 saturated heterocycles. The molecule has 3 nitrogen and oxygen atoms in total. The fourth-order valence-electron chi connectivity index (χ4n) is 0.694. The van der Waals surface area contributed by atoms with Crippen LogP contribution in [0, 0.1) is 0 Å². The largest absolute Gasteiger partial charge is 0.396 e.